The molecular weight excluding hydrogens is 617 g/mol. The van der Waals surface area contributed by atoms with Gasteiger partial charge in [-0.25, -0.2) is 13.6 Å². The first-order chi connectivity index (χ1) is 20.3. The summed E-state index contributed by atoms with van der Waals surface area (Å²) >= 11 is 6.91. The number of piperazine rings is 1. The lowest BCUT2D eigenvalue weighted by atomic mass is 9.95. The highest BCUT2D eigenvalue weighted by molar-refractivity contribution is 7.99. The summed E-state index contributed by atoms with van der Waals surface area (Å²) in [6, 6.07) is 3.65. The van der Waals surface area contributed by atoms with Gasteiger partial charge in [-0.15, -0.1) is 11.8 Å². The Morgan fingerprint density at radius 2 is 1.81 bits per heavy atom. The molecule has 2 aliphatic rings. The Bertz CT molecular complexity index is 1790. The number of thioether (sulfide) groups is 1. The molecular formula is C28H25ClF5N5O3S. The molecule has 15 heteroatoms. The maximum absolute atomic E-state index is 15.3. The van der Waals surface area contributed by atoms with Crippen LogP contribution in [0.3, 0.4) is 0 Å². The number of ether oxygens (including phenoxy) is 1. The highest BCUT2D eigenvalue weighted by Crippen LogP contribution is 2.49. The molecule has 0 amide bonds. The Kier molecular flexibility index (Phi) is 7.58. The lowest BCUT2D eigenvalue weighted by molar-refractivity contribution is -0.137. The molecule has 1 saturated heterocycles. The molecule has 3 atom stereocenters. The third-order valence-electron chi connectivity index (χ3n) is 7.33. The van der Waals surface area contributed by atoms with Gasteiger partial charge in [-0.2, -0.15) is 18.2 Å². The summed E-state index contributed by atoms with van der Waals surface area (Å²) in [7, 11) is 0. The number of nitrogens with one attached hydrogen (secondary N) is 1. The van der Waals surface area contributed by atoms with E-state index in [1.807, 2.05) is 13.8 Å². The molecule has 43 heavy (non-hydrogen) atoms. The fraction of sp³-hybridized carbons (Fsp3) is 0.393. The van der Waals surface area contributed by atoms with E-state index in [1.165, 1.54) is 10.6 Å². The molecule has 4 heterocycles. The Balaban J connectivity index is 1.66. The second-order valence-corrected chi connectivity index (χ2v) is 12.2. The van der Waals surface area contributed by atoms with Crippen LogP contribution in [-0.2, 0) is 12.7 Å². The van der Waals surface area contributed by atoms with Crippen molar-refractivity contribution >= 4 is 40.1 Å². The van der Waals surface area contributed by atoms with Crippen molar-refractivity contribution < 1.29 is 31.2 Å². The number of nitrogens with zero attached hydrogens (tertiary/aromatic N) is 4. The van der Waals surface area contributed by atoms with Crippen LogP contribution in [0.2, 0.25) is 5.02 Å². The van der Waals surface area contributed by atoms with Crippen LogP contribution in [-0.4, -0.2) is 51.7 Å². The normalized spacial score (nSPS) is 20.9. The summed E-state index contributed by atoms with van der Waals surface area (Å²) in [6.45, 7) is 6.21. The van der Waals surface area contributed by atoms with E-state index in [4.69, 9.17) is 20.9 Å². The van der Waals surface area contributed by atoms with E-state index in [0.29, 0.717) is 24.9 Å². The van der Waals surface area contributed by atoms with Crippen LogP contribution in [0.25, 0.3) is 22.0 Å². The molecule has 228 valence electrons. The summed E-state index contributed by atoms with van der Waals surface area (Å²) in [5, 5.41) is 6.71. The summed E-state index contributed by atoms with van der Waals surface area (Å²) in [6.07, 6.45) is -5.71. The number of alkyl halides is 3. The minimum absolute atomic E-state index is 0.0224. The molecule has 1 fully saturated rings. The molecule has 2 aromatic carbocycles. The topological polar surface area (TPSA) is 85.4 Å². The highest BCUT2D eigenvalue weighted by Gasteiger charge is 2.40. The SMILES string of the molecule is Cc1cc(O[C@@H]2CSc3c(-c4cc(Cl)c(F)cc4F)c(C(F)(F)F)cc4c(N5C[C@@H](C)N[C@@H](C)C5)nc(=O)n(c34)C2)no1. The third-order valence-corrected chi connectivity index (χ3v) is 8.85. The molecule has 0 saturated carbocycles. The predicted molar refractivity (Wildman–Crippen MR) is 152 cm³/mol. The molecule has 0 unspecified atom stereocenters. The molecule has 0 aliphatic carbocycles. The van der Waals surface area contributed by atoms with Crippen molar-refractivity contribution in [3.05, 3.63) is 62.7 Å². The van der Waals surface area contributed by atoms with Crippen molar-refractivity contribution in [1.29, 1.82) is 0 Å². The number of halogens is 6. The third kappa shape index (κ3) is 5.55. The lowest BCUT2D eigenvalue weighted by Crippen LogP contribution is -2.55. The van der Waals surface area contributed by atoms with Crippen LogP contribution in [0.5, 0.6) is 5.88 Å². The second kappa shape index (κ2) is 11.0. The summed E-state index contributed by atoms with van der Waals surface area (Å²) in [5.74, 6) is -1.57. The fourth-order valence-corrected chi connectivity index (χ4v) is 7.13. The Hall–Kier alpha value is -3.36. The van der Waals surface area contributed by atoms with Gasteiger partial charge in [0.1, 0.15) is 29.3 Å². The summed E-state index contributed by atoms with van der Waals surface area (Å²) in [5.41, 5.74) is -2.83. The van der Waals surface area contributed by atoms with E-state index in [-0.39, 0.29) is 51.9 Å². The van der Waals surface area contributed by atoms with Gasteiger partial charge < -0.3 is 19.5 Å². The van der Waals surface area contributed by atoms with Gasteiger partial charge in [0.25, 0.3) is 5.88 Å². The first-order valence-corrected chi connectivity index (χ1v) is 14.7. The van der Waals surface area contributed by atoms with Gasteiger partial charge in [0.15, 0.2) is 0 Å². The van der Waals surface area contributed by atoms with E-state index in [0.717, 1.165) is 23.9 Å². The van der Waals surface area contributed by atoms with Crippen LogP contribution in [0.4, 0.5) is 27.8 Å². The molecule has 0 radical (unpaired) electrons. The number of hydrogen-bond acceptors (Lipinski definition) is 8. The average molecular weight is 642 g/mol. The quantitative estimate of drug-likeness (QED) is 0.213. The van der Waals surface area contributed by atoms with Crippen LogP contribution in [0.15, 0.2) is 38.5 Å². The summed E-state index contributed by atoms with van der Waals surface area (Å²) < 4.78 is 86.3. The standard InChI is InChI=1S/C28H25ClF5N5O3S/c1-12-8-38(9-13(2)35-12)26-17-5-18(28(32,33)34)23(16-6-19(29)21(31)7-20(16)30)25-24(17)39(27(40)36-26)10-15(11-43-25)41-22-4-14(3)42-37-22/h4-7,12-13,15,35H,8-11H2,1-3H3/t12-,13+,15-/m0/s1. The number of hydrogen-bond donors (Lipinski definition) is 1. The first kappa shape index (κ1) is 29.7. The van der Waals surface area contributed by atoms with E-state index < -0.39 is 51.3 Å². The van der Waals surface area contributed by atoms with Gasteiger partial charge in [-0.3, -0.25) is 4.57 Å². The molecule has 0 spiro atoms. The predicted octanol–water partition coefficient (Wildman–Crippen LogP) is 6.05. The van der Waals surface area contributed by atoms with Gasteiger partial charge in [0.05, 0.1) is 22.6 Å². The minimum Gasteiger partial charge on any atom is -0.469 e. The summed E-state index contributed by atoms with van der Waals surface area (Å²) in [4.78, 5) is 19.7. The van der Waals surface area contributed by atoms with E-state index in [9.17, 15) is 22.4 Å². The van der Waals surface area contributed by atoms with Gasteiger partial charge >= 0.3 is 11.9 Å². The van der Waals surface area contributed by atoms with Crippen LogP contribution in [0, 0.1) is 18.6 Å². The van der Waals surface area contributed by atoms with Crippen LogP contribution >= 0.6 is 23.4 Å². The maximum atomic E-state index is 15.3. The molecule has 6 rings (SSSR count). The maximum Gasteiger partial charge on any atom is 0.417 e. The zero-order valence-corrected chi connectivity index (χ0v) is 24.6. The number of aryl methyl sites for hydroxylation is 1. The lowest BCUT2D eigenvalue weighted by Gasteiger charge is -2.37. The van der Waals surface area contributed by atoms with Crippen molar-refractivity contribution in [2.45, 2.75) is 56.6 Å². The first-order valence-electron chi connectivity index (χ1n) is 13.4. The monoisotopic (exact) mass is 641 g/mol. The number of benzene rings is 2. The van der Waals surface area contributed by atoms with E-state index >= 15 is 4.39 Å². The highest BCUT2D eigenvalue weighted by atomic mass is 35.5. The fourth-order valence-electron chi connectivity index (χ4n) is 5.72. The van der Waals surface area contributed by atoms with Crippen LogP contribution in [0.1, 0.15) is 25.2 Å². The van der Waals surface area contributed by atoms with Gasteiger partial charge in [0.2, 0.25) is 0 Å². The van der Waals surface area contributed by atoms with Crippen molar-refractivity contribution in [3.63, 3.8) is 0 Å². The van der Waals surface area contributed by atoms with Gasteiger partial charge in [-0.05, 0) is 38.1 Å². The Morgan fingerprint density at radius 1 is 1.09 bits per heavy atom. The van der Waals surface area contributed by atoms with E-state index in [2.05, 4.69) is 15.5 Å². The largest absolute Gasteiger partial charge is 0.469 e. The average Bonchev–Trinajstić information content (AvgIpc) is 3.22. The Labute approximate surface area is 251 Å². The van der Waals surface area contributed by atoms with Crippen molar-refractivity contribution in [3.8, 4) is 17.0 Å². The Morgan fingerprint density at radius 3 is 2.47 bits per heavy atom. The van der Waals surface area contributed by atoms with E-state index in [1.54, 1.807) is 11.8 Å². The minimum atomic E-state index is -4.96. The van der Waals surface area contributed by atoms with Gasteiger partial charge in [0, 0.05) is 64.5 Å². The number of rotatable bonds is 4. The van der Waals surface area contributed by atoms with Crippen LogP contribution < -0.4 is 20.6 Å². The van der Waals surface area contributed by atoms with Crippen molar-refractivity contribution in [2.24, 2.45) is 0 Å². The number of aromatic nitrogens is 3. The van der Waals surface area contributed by atoms with Crippen molar-refractivity contribution in [2.75, 3.05) is 23.7 Å². The molecule has 8 nitrogen and oxygen atoms in total. The molecule has 2 aromatic heterocycles. The van der Waals surface area contributed by atoms with Crippen molar-refractivity contribution in [1.82, 2.24) is 20.0 Å². The smallest absolute Gasteiger partial charge is 0.417 e. The zero-order valence-electron chi connectivity index (χ0n) is 23.1. The zero-order chi connectivity index (χ0) is 30.8. The molecule has 0 bridgehead atoms. The number of anilines is 1. The molecule has 4 aromatic rings. The van der Waals surface area contributed by atoms with Gasteiger partial charge in [-0.1, -0.05) is 11.6 Å². The molecule has 1 N–H and O–H groups in total. The second-order valence-electron chi connectivity index (χ2n) is 10.8. The molecule has 2 aliphatic heterocycles.